The summed E-state index contributed by atoms with van der Waals surface area (Å²) in [5.74, 6) is -1.92. The number of nitrogens with two attached hydrogens (primary N) is 1. The maximum Gasteiger partial charge on any atom is 0.262 e. The molecule has 28 heavy (non-hydrogen) atoms. The van der Waals surface area contributed by atoms with E-state index in [1.54, 1.807) is 38.1 Å². The smallest absolute Gasteiger partial charge is 0.262 e. The third kappa shape index (κ3) is 3.54. The first-order valence-electron chi connectivity index (χ1n) is 8.52. The summed E-state index contributed by atoms with van der Waals surface area (Å²) in [5.41, 5.74) is 0.853. The van der Waals surface area contributed by atoms with Gasteiger partial charge in [-0.1, -0.05) is 26.0 Å². The minimum atomic E-state index is -3.85. The molecule has 1 aliphatic heterocycles. The lowest BCUT2D eigenvalue weighted by atomic mass is 10.0. The van der Waals surface area contributed by atoms with E-state index in [4.69, 9.17) is 5.14 Å². The molecule has 0 aromatic heterocycles. The number of anilines is 1. The number of rotatable bonds is 5. The Morgan fingerprint density at radius 3 is 1.89 bits per heavy atom. The van der Waals surface area contributed by atoms with Gasteiger partial charge in [0.25, 0.3) is 11.8 Å². The largest absolute Gasteiger partial charge is 0.324 e. The van der Waals surface area contributed by atoms with Gasteiger partial charge in [-0.3, -0.25) is 19.3 Å². The molecule has 0 radical (unpaired) electrons. The van der Waals surface area contributed by atoms with Gasteiger partial charge in [0.05, 0.1) is 16.0 Å². The van der Waals surface area contributed by atoms with Crippen LogP contribution in [0.4, 0.5) is 5.69 Å². The normalized spacial score (nSPS) is 14.9. The van der Waals surface area contributed by atoms with E-state index in [-0.39, 0.29) is 21.9 Å². The summed E-state index contributed by atoms with van der Waals surface area (Å²) in [5, 5.41) is 7.68. The van der Waals surface area contributed by atoms with E-state index in [1.165, 1.54) is 24.3 Å². The Bertz CT molecular complexity index is 1030. The molecule has 3 N–H and O–H groups in total. The summed E-state index contributed by atoms with van der Waals surface area (Å²) in [4.78, 5) is 39.2. The van der Waals surface area contributed by atoms with Crippen LogP contribution >= 0.6 is 0 Å². The highest BCUT2D eigenvalue weighted by Gasteiger charge is 2.43. The minimum absolute atomic E-state index is 0.0914. The highest BCUT2D eigenvalue weighted by atomic mass is 32.2. The van der Waals surface area contributed by atoms with Gasteiger partial charge in [0.2, 0.25) is 15.9 Å². The number of hydrogen-bond donors (Lipinski definition) is 2. The molecule has 1 heterocycles. The van der Waals surface area contributed by atoms with Gasteiger partial charge in [-0.25, -0.2) is 13.6 Å². The third-order valence-corrected chi connectivity index (χ3v) is 5.38. The molecule has 1 aliphatic rings. The number of imide groups is 1. The summed E-state index contributed by atoms with van der Waals surface area (Å²) < 4.78 is 22.7. The van der Waals surface area contributed by atoms with Gasteiger partial charge in [0, 0.05) is 5.69 Å². The van der Waals surface area contributed by atoms with E-state index in [1.807, 2.05) is 0 Å². The van der Waals surface area contributed by atoms with Crippen molar-refractivity contribution in [3.8, 4) is 0 Å². The summed E-state index contributed by atoms with van der Waals surface area (Å²) in [6.45, 7) is 3.47. The number of carbonyl (C=O) groups is 3. The Balaban J connectivity index is 1.86. The maximum atomic E-state index is 12.9. The number of fused-ring (bicyclic) bond motifs is 1. The average Bonchev–Trinajstić information content (AvgIpc) is 2.87. The van der Waals surface area contributed by atoms with Crippen LogP contribution in [0.2, 0.25) is 0 Å². The zero-order valence-electron chi connectivity index (χ0n) is 15.2. The summed E-state index contributed by atoms with van der Waals surface area (Å²) >= 11 is 0. The monoisotopic (exact) mass is 401 g/mol. The maximum absolute atomic E-state index is 12.9. The van der Waals surface area contributed by atoms with Crippen LogP contribution in [0.5, 0.6) is 0 Å². The molecule has 1 atom stereocenters. The number of nitrogens with one attached hydrogen (secondary N) is 1. The second-order valence-electron chi connectivity index (χ2n) is 6.77. The summed E-state index contributed by atoms with van der Waals surface area (Å²) in [6, 6.07) is 10.7. The summed E-state index contributed by atoms with van der Waals surface area (Å²) in [7, 11) is -3.85. The first-order chi connectivity index (χ1) is 13.1. The fourth-order valence-corrected chi connectivity index (χ4v) is 3.64. The lowest BCUT2D eigenvalue weighted by Gasteiger charge is -2.28. The molecule has 0 unspecified atom stereocenters. The van der Waals surface area contributed by atoms with E-state index in [0.717, 1.165) is 4.90 Å². The molecule has 9 heteroatoms. The number of carbonyl (C=O) groups excluding carboxylic acids is 3. The summed E-state index contributed by atoms with van der Waals surface area (Å²) in [6.07, 6.45) is 0. The van der Waals surface area contributed by atoms with Crippen LogP contribution in [0.25, 0.3) is 0 Å². The number of sulfonamides is 1. The Hall–Kier alpha value is -3.04. The lowest BCUT2D eigenvalue weighted by molar-refractivity contribution is -0.121. The van der Waals surface area contributed by atoms with Crippen LogP contribution in [-0.4, -0.2) is 37.1 Å². The van der Waals surface area contributed by atoms with Gasteiger partial charge in [0.1, 0.15) is 6.04 Å². The first-order valence-corrected chi connectivity index (χ1v) is 10.1. The van der Waals surface area contributed by atoms with Crippen molar-refractivity contribution >= 4 is 33.4 Å². The first kappa shape index (κ1) is 19.7. The predicted octanol–water partition coefficient (Wildman–Crippen LogP) is 1.59. The molecule has 3 rings (SSSR count). The van der Waals surface area contributed by atoms with Crippen LogP contribution in [-0.2, 0) is 14.8 Å². The van der Waals surface area contributed by atoms with Gasteiger partial charge < -0.3 is 5.32 Å². The molecule has 146 valence electrons. The van der Waals surface area contributed by atoms with Crippen molar-refractivity contribution in [2.45, 2.75) is 24.8 Å². The van der Waals surface area contributed by atoms with E-state index >= 15 is 0 Å². The fraction of sp³-hybridized carbons (Fsp3) is 0.211. The van der Waals surface area contributed by atoms with Crippen molar-refractivity contribution in [2.75, 3.05) is 5.32 Å². The van der Waals surface area contributed by atoms with Crippen molar-refractivity contribution in [2.24, 2.45) is 11.1 Å². The molecule has 2 aromatic rings. The van der Waals surface area contributed by atoms with E-state index < -0.39 is 33.8 Å². The van der Waals surface area contributed by atoms with Crippen molar-refractivity contribution in [1.29, 1.82) is 0 Å². The molecule has 0 spiro atoms. The fourth-order valence-electron chi connectivity index (χ4n) is 3.12. The number of primary sulfonamides is 1. The van der Waals surface area contributed by atoms with Crippen LogP contribution in [0, 0.1) is 5.92 Å². The Kier molecular flexibility index (Phi) is 5.05. The quantitative estimate of drug-likeness (QED) is 0.736. The van der Waals surface area contributed by atoms with Crippen molar-refractivity contribution in [3.63, 3.8) is 0 Å². The predicted molar refractivity (Wildman–Crippen MR) is 102 cm³/mol. The Morgan fingerprint density at radius 2 is 1.46 bits per heavy atom. The standard InChI is InChI=1S/C19H19N3O5S/c1-11(2)16(22-18(24)14-5-3-4-6-15(14)19(22)25)17(23)21-12-7-9-13(10-8-12)28(20,26)27/h3-11,16H,1-2H3,(H,21,23)(H2,20,26,27)/t16-/m1/s1. The minimum Gasteiger partial charge on any atom is -0.324 e. The van der Waals surface area contributed by atoms with Gasteiger partial charge in [-0.05, 0) is 42.3 Å². The van der Waals surface area contributed by atoms with Crippen LogP contribution in [0.15, 0.2) is 53.4 Å². The highest BCUT2D eigenvalue weighted by molar-refractivity contribution is 7.89. The second kappa shape index (κ2) is 7.17. The number of nitrogens with zero attached hydrogens (tertiary/aromatic N) is 1. The molecule has 8 nitrogen and oxygen atoms in total. The zero-order valence-corrected chi connectivity index (χ0v) is 16.1. The van der Waals surface area contributed by atoms with Gasteiger partial charge >= 0.3 is 0 Å². The molecule has 0 fully saturated rings. The number of benzene rings is 2. The van der Waals surface area contributed by atoms with Crippen LogP contribution < -0.4 is 10.5 Å². The molecular weight excluding hydrogens is 382 g/mol. The molecule has 0 bridgehead atoms. The zero-order chi connectivity index (χ0) is 20.6. The lowest BCUT2D eigenvalue weighted by Crippen LogP contribution is -2.50. The Morgan fingerprint density at radius 1 is 0.964 bits per heavy atom. The van der Waals surface area contributed by atoms with E-state index in [9.17, 15) is 22.8 Å². The van der Waals surface area contributed by atoms with Gasteiger partial charge in [-0.15, -0.1) is 0 Å². The molecule has 0 saturated heterocycles. The second-order valence-corrected chi connectivity index (χ2v) is 8.33. The topological polar surface area (TPSA) is 127 Å². The SMILES string of the molecule is CC(C)[C@H](C(=O)Nc1ccc(S(N)(=O)=O)cc1)N1C(=O)c2ccccc2C1=O. The Labute approximate surface area is 162 Å². The van der Waals surface area contributed by atoms with Crippen molar-refractivity contribution in [3.05, 3.63) is 59.7 Å². The van der Waals surface area contributed by atoms with E-state index in [2.05, 4.69) is 5.32 Å². The van der Waals surface area contributed by atoms with Crippen LogP contribution in [0.1, 0.15) is 34.6 Å². The molecule has 0 aliphatic carbocycles. The van der Waals surface area contributed by atoms with Crippen LogP contribution in [0.3, 0.4) is 0 Å². The van der Waals surface area contributed by atoms with Crippen molar-refractivity contribution < 1.29 is 22.8 Å². The molecule has 2 aromatic carbocycles. The number of hydrogen-bond acceptors (Lipinski definition) is 5. The van der Waals surface area contributed by atoms with Gasteiger partial charge in [0.15, 0.2) is 0 Å². The highest BCUT2D eigenvalue weighted by Crippen LogP contribution is 2.28. The molecule has 3 amide bonds. The van der Waals surface area contributed by atoms with Gasteiger partial charge in [-0.2, -0.15) is 0 Å². The van der Waals surface area contributed by atoms with E-state index in [0.29, 0.717) is 5.69 Å². The van der Waals surface area contributed by atoms with Crippen molar-refractivity contribution in [1.82, 2.24) is 4.90 Å². The third-order valence-electron chi connectivity index (χ3n) is 4.45. The molecular formula is C19H19N3O5S. The number of amides is 3. The average molecular weight is 401 g/mol. The molecule has 0 saturated carbocycles.